The normalized spacial score (nSPS) is 10.6. The number of carbonyl (C=O) groups is 1. The molecule has 1 aromatic heterocycles. The highest BCUT2D eigenvalue weighted by molar-refractivity contribution is 9.10. The number of phenolic OH excluding ortho intramolecular Hbond substituents is 1. The summed E-state index contributed by atoms with van der Waals surface area (Å²) in [5, 5.41) is 13.1. The number of aromatic nitrogens is 2. The number of amides is 1. The van der Waals surface area contributed by atoms with Crippen LogP contribution in [0.5, 0.6) is 5.75 Å². The maximum absolute atomic E-state index is 10.8. The molecule has 2 rings (SSSR count). The highest BCUT2D eigenvalue weighted by atomic mass is 79.9. The molecular weight excluding hydrogens is 302 g/mol. The zero-order valence-electron chi connectivity index (χ0n) is 9.48. The summed E-state index contributed by atoms with van der Waals surface area (Å²) in [4.78, 5) is 14.7. The molecule has 0 unspecified atom stereocenters. The lowest BCUT2D eigenvalue weighted by Gasteiger charge is -2.04. The minimum Gasteiger partial charge on any atom is -0.506 e. The standard InChI is InChI=1S/C11H10BrN3O3/c1-5-2-6(3-7(12)9(5)16)4-8-14-11(10(13)17)15-18-8/h2-3,16H,4H2,1H3,(H2,13,17). The second-order valence-electron chi connectivity index (χ2n) is 3.80. The van der Waals surface area contributed by atoms with Gasteiger partial charge in [-0.1, -0.05) is 11.2 Å². The van der Waals surface area contributed by atoms with Gasteiger partial charge in [-0.15, -0.1) is 0 Å². The van der Waals surface area contributed by atoms with E-state index in [1.807, 2.05) is 0 Å². The molecule has 0 aliphatic heterocycles. The number of hydrogen-bond donors (Lipinski definition) is 2. The number of nitrogens with two attached hydrogens (primary N) is 1. The van der Waals surface area contributed by atoms with Gasteiger partial charge in [0.15, 0.2) is 0 Å². The van der Waals surface area contributed by atoms with Gasteiger partial charge in [0.1, 0.15) is 5.75 Å². The number of hydrogen-bond acceptors (Lipinski definition) is 5. The molecule has 0 bridgehead atoms. The van der Waals surface area contributed by atoms with Crippen LogP contribution >= 0.6 is 15.9 Å². The van der Waals surface area contributed by atoms with Gasteiger partial charge in [0.2, 0.25) is 5.89 Å². The summed E-state index contributed by atoms with van der Waals surface area (Å²) >= 11 is 3.25. The fourth-order valence-electron chi connectivity index (χ4n) is 1.51. The van der Waals surface area contributed by atoms with E-state index in [0.29, 0.717) is 16.8 Å². The van der Waals surface area contributed by atoms with Gasteiger partial charge in [0.05, 0.1) is 10.9 Å². The third-order valence-corrected chi connectivity index (χ3v) is 2.96. The predicted molar refractivity (Wildman–Crippen MR) is 66.2 cm³/mol. The highest BCUT2D eigenvalue weighted by Gasteiger charge is 2.12. The van der Waals surface area contributed by atoms with Crippen molar-refractivity contribution in [2.45, 2.75) is 13.3 Å². The van der Waals surface area contributed by atoms with Gasteiger partial charge in [-0.05, 0) is 40.0 Å². The van der Waals surface area contributed by atoms with Crippen molar-refractivity contribution in [2.75, 3.05) is 0 Å². The van der Waals surface area contributed by atoms with Crippen LogP contribution in [0, 0.1) is 6.92 Å². The number of halogens is 1. The summed E-state index contributed by atoms with van der Waals surface area (Å²) in [5.74, 6) is -0.379. The SMILES string of the molecule is Cc1cc(Cc2nc(C(N)=O)no2)cc(Br)c1O. The van der Waals surface area contributed by atoms with Crippen molar-refractivity contribution in [3.05, 3.63) is 39.4 Å². The van der Waals surface area contributed by atoms with Crippen LogP contribution in [0.4, 0.5) is 0 Å². The zero-order chi connectivity index (χ0) is 13.3. The van der Waals surface area contributed by atoms with Crippen LogP contribution in [0.2, 0.25) is 0 Å². The number of nitrogens with zero attached hydrogens (tertiary/aromatic N) is 2. The van der Waals surface area contributed by atoms with Gasteiger partial charge in [-0.25, -0.2) is 0 Å². The predicted octanol–water partition coefficient (Wildman–Crippen LogP) is 1.54. The van der Waals surface area contributed by atoms with Gasteiger partial charge in [-0.2, -0.15) is 4.98 Å². The average molecular weight is 312 g/mol. The summed E-state index contributed by atoms with van der Waals surface area (Å²) < 4.78 is 5.49. The Morgan fingerprint density at radius 3 is 2.83 bits per heavy atom. The quantitative estimate of drug-likeness (QED) is 0.895. The molecule has 0 spiro atoms. The van der Waals surface area contributed by atoms with Crippen molar-refractivity contribution in [2.24, 2.45) is 5.73 Å². The molecule has 3 N–H and O–H groups in total. The number of aryl methyl sites for hydroxylation is 1. The van der Waals surface area contributed by atoms with E-state index < -0.39 is 5.91 Å². The molecule has 2 aromatic rings. The van der Waals surface area contributed by atoms with Crippen LogP contribution in [0.25, 0.3) is 0 Å². The molecule has 6 nitrogen and oxygen atoms in total. The van der Waals surface area contributed by atoms with Gasteiger partial charge in [0, 0.05) is 0 Å². The molecule has 0 fully saturated rings. The summed E-state index contributed by atoms with van der Waals surface area (Å²) in [6.45, 7) is 1.78. The van der Waals surface area contributed by atoms with E-state index in [4.69, 9.17) is 10.3 Å². The zero-order valence-corrected chi connectivity index (χ0v) is 11.1. The Kier molecular flexibility index (Phi) is 3.33. The number of phenols is 1. The molecule has 0 saturated heterocycles. The van der Waals surface area contributed by atoms with Crippen molar-refractivity contribution in [1.82, 2.24) is 10.1 Å². The van der Waals surface area contributed by atoms with Crippen LogP contribution < -0.4 is 5.73 Å². The molecule has 0 aliphatic carbocycles. The minimum atomic E-state index is -0.729. The lowest BCUT2D eigenvalue weighted by Crippen LogP contribution is -2.12. The maximum Gasteiger partial charge on any atom is 0.290 e. The molecule has 18 heavy (non-hydrogen) atoms. The molecule has 0 radical (unpaired) electrons. The largest absolute Gasteiger partial charge is 0.506 e. The Hall–Kier alpha value is -1.89. The van der Waals surface area contributed by atoms with Crippen LogP contribution in [0.15, 0.2) is 21.1 Å². The Labute approximate surface area is 111 Å². The van der Waals surface area contributed by atoms with E-state index in [-0.39, 0.29) is 11.6 Å². The number of benzene rings is 1. The van der Waals surface area contributed by atoms with Crippen molar-refractivity contribution >= 4 is 21.8 Å². The molecule has 1 aromatic carbocycles. The van der Waals surface area contributed by atoms with E-state index in [0.717, 1.165) is 11.1 Å². The first-order valence-electron chi connectivity index (χ1n) is 5.07. The number of carbonyl (C=O) groups excluding carboxylic acids is 1. The summed E-state index contributed by atoms with van der Waals surface area (Å²) in [7, 11) is 0. The molecule has 94 valence electrons. The number of primary amides is 1. The van der Waals surface area contributed by atoms with E-state index in [1.54, 1.807) is 19.1 Å². The molecule has 0 atom stereocenters. The van der Waals surface area contributed by atoms with Crippen LogP contribution in [0.3, 0.4) is 0 Å². The van der Waals surface area contributed by atoms with Gasteiger partial charge < -0.3 is 15.4 Å². The minimum absolute atomic E-state index is 0.139. The Balaban J connectivity index is 2.25. The summed E-state index contributed by atoms with van der Waals surface area (Å²) in [6, 6.07) is 3.55. The lowest BCUT2D eigenvalue weighted by molar-refractivity contribution is 0.0987. The number of aromatic hydroxyl groups is 1. The second-order valence-corrected chi connectivity index (χ2v) is 4.65. The average Bonchev–Trinajstić information content (AvgIpc) is 2.74. The van der Waals surface area contributed by atoms with Gasteiger partial charge >= 0.3 is 0 Å². The Morgan fingerprint density at radius 1 is 1.56 bits per heavy atom. The third-order valence-electron chi connectivity index (χ3n) is 2.36. The number of rotatable bonds is 3. The lowest BCUT2D eigenvalue weighted by atomic mass is 10.1. The smallest absolute Gasteiger partial charge is 0.290 e. The maximum atomic E-state index is 10.8. The van der Waals surface area contributed by atoms with E-state index in [2.05, 4.69) is 26.1 Å². The Bertz CT molecular complexity index is 586. The highest BCUT2D eigenvalue weighted by Crippen LogP contribution is 2.29. The first-order chi connectivity index (χ1) is 8.47. The summed E-state index contributed by atoms with van der Waals surface area (Å²) in [5.41, 5.74) is 6.63. The van der Waals surface area contributed by atoms with E-state index >= 15 is 0 Å². The van der Waals surface area contributed by atoms with Crippen molar-refractivity contribution in [3.63, 3.8) is 0 Å². The van der Waals surface area contributed by atoms with Gasteiger partial charge in [-0.3, -0.25) is 4.79 Å². The van der Waals surface area contributed by atoms with Crippen molar-refractivity contribution in [1.29, 1.82) is 0 Å². The molecule has 7 heteroatoms. The van der Waals surface area contributed by atoms with Crippen LogP contribution in [-0.4, -0.2) is 21.2 Å². The van der Waals surface area contributed by atoms with Crippen molar-refractivity contribution in [3.8, 4) is 5.75 Å². The van der Waals surface area contributed by atoms with E-state index in [1.165, 1.54) is 0 Å². The molecule has 0 aliphatic rings. The fraction of sp³-hybridized carbons (Fsp3) is 0.182. The molecular formula is C11H10BrN3O3. The molecule has 1 heterocycles. The molecule has 1 amide bonds. The Morgan fingerprint density at radius 2 is 2.28 bits per heavy atom. The fourth-order valence-corrected chi connectivity index (χ4v) is 2.12. The van der Waals surface area contributed by atoms with Crippen LogP contribution in [0.1, 0.15) is 27.6 Å². The van der Waals surface area contributed by atoms with Gasteiger partial charge in [0.25, 0.3) is 11.7 Å². The van der Waals surface area contributed by atoms with Crippen molar-refractivity contribution < 1.29 is 14.4 Å². The first-order valence-corrected chi connectivity index (χ1v) is 5.87. The van der Waals surface area contributed by atoms with Crippen LogP contribution in [-0.2, 0) is 6.42 Å². The summed E-state index contributed by atoms with van der Waals surface area (Å²) in [6.07, 6.45) is 0.361. The van der Waals surface area contributed by atoms with E-state index in [9.17, 15) is 9.90 Å². The second kappa shape index (κ2) is 4.77. The monoisotopic (exact) mass is 311 g/mol. The first kappa shape index (κ1) is 12.6. The third kappa shape index (κ3) is 2.51. The topological polar surface area (TPSA) is 102 Å². The molecule has 0 saturated carbocycles.